The van der Waals surface area contributed by atoms with Gasteiger partial charge in [0.1, 0.15) is 5.82 Å². The molecule has 1 aromatic rings. The molecule has 1 aliphatic carbocycles. The maximum atomic E-state index is 4.64. The zero-order chi connectivity index (χ0) is 12.3. The van der Waals surface area contributed by atoms with Crippen molar-refractivity contribution in [3.05, 3.63) is 22.8 Å². The van der Waals surface area contributed by atoms with Gasteiger partial charge in [-0.1, -0.05) is 6.92 Å². The third kappa shape index (κ3) is 3.50. The lowest BCUT2D eigenvalue weighted by Gasteiger charge is -2.11. The van der Waals surface area contributed by atoms with Crippen molar-refractivity contribution in [1.82, 2.24) is 15.3 Å². The van der Waals surface area contributed by atoms with Gasteiger partial charge in [-0.05, 0) is 45.6 Å². The van der Waals surface area contributed by atoms with Crippen LogP contribution in [0, 0.1) is 19.8 Å². The van der Waals surface area contributed by atoms with Gasteiger partial charge in [0.2, 0.25) is 0 Å². The molecule has 0 amide bonds. The minimum Gasteiger partial charge on any atom is -0.313 e. The molecule has 0 saturated heterocycles. The van der Waals surface area contributed by atoms with Crippen LogP contribution in [0.5, 0.6) is 0 Å². The Morgan fingerprint density at radius 1 is 1.18 bits per heavy atom. The number of nitrogens with one attached hydrogen (secondary N) is 1. The van der Waals surface area contributed by atoms with Gasteiger partial charge >= 0.3 is 0 Å². The minimum absolute atomic E-state index is 0.859. The molecule has 1 N–H and O–H groups in total. The van der Waals surface area contributed by atoms with Crippen LogP contribution in [0.25, 0.3) is 0 Å². The van der Waals surface area contributed by atoms with E-state index >= 15 is 0 Å². The summed E-state index contributed by atoms with van der Waals surface area (Å²) in [5, 5.41) is 3.43. The molecule has 17 heavy (non-hydrogen) atoms. The number of nitrogens with zero attached hydrogens (tertiary/aromatic N) is 2. The van der Waals surface area contributed by atoms with Gasteiger partial charge in [-0.15, -0.1) is 0 Å². The van der Waals surface area contributed by atoms with Crippen molar-refractivity contribution in [3.8, 4) is 0 Å². The first-order valence-corrected chi connectivity index (χ1v) is 6.74. The highest BCUT2D eigenvalue weighted by Crippen LogP contribution is 2.31. The van der Waals surface area contributed by atoms with Gasteiger partial charge in [0, 0.05) is 29.9 Å². The van der Waals surface area contributed by atoms with E-state index in [0.29, 0.717) is 0 Å². The van der Waals surface area contributed by atoms with E-state index in [9.17, 15) is 0 Å². The summed E-state index contributed by atoms with van der Waals surface area (Å²) in [7, 11) is 0. The average molecular weight is 233 g/mol. The third-order valence-electron chi connectivity index (χ3n) is 3.36. The second-order valence-corrected chi connectivity index (χ2v) is 5.11. The van der Waals surface area contributed by atoms with Crippen LogP contribution in [0.2, 0.25) is 0 Å². The number of hydrogen-bond acceptors (Lipinski definition) is 3. The van der Waals surface area contributed by atoms with Crippen LogP contribution in [-0.4, -0.2) is 16.5 Å². The molecule has 0 atom stereocenters. The van der Waals surface area contributed by atoms with Gasteiger partial charge in [0.25, 0.3) is 0 Å². The van der Waals surface area contributed by atoms with Gasteiger partial charge in [-0.2, -0.15) is 0 Å². The number of aryl methyl sites for hydroxylation is 2. The highest BCUT2D eigenvalue weighted by Gasteiger charge is 2.23. The Kier molecular flexibility index (Phi) is 4.11. The highest BCUT2D eigenvalue weighted by atomic mass is 14.9. The zero-order valence-electron chi connectivity index (χ0n) is 11.2. The molecule has 1 fully saturated rings. The van der Waals surface area contributed by atoms with Gasteiger partial charge < -0.3 is 5.32 Å². The predicted octanol–water partition coefficient (Wildman–Crippen LogP) is 2.55. The second kappa shape index (κ2) is 5.58. The van der Waals surface area contributed by atoms with Crippen LogP contribution in [0.4, 0.5) is 0 Å². The first-order valence-electron chi connectivity index (χ1n) is 6.74. The third-order valence-corrected chi connectivity index (χ3v) is 3.36. The lowest BCUT2D eigenvalue weighted by Crippen LogP contribution is -2.17. The lowest BCUT2D eigenvalue weighted by molar-refractivity contribution is 0.658. The summed E-state index contributed by atoms with van der Waals surface area (Å²) in [5.74, 6) is 1.90. The number of rotatable bonds is 6. The molecule has 1 saturated carbocycles. The van der Waals surface area contributed by atoms with Gasteiger partial charge in [-0.3, -0.25) is 0 Å². The summed E-state index contributed by atoms with van der Waals surface area (Å²) in [6, 6.07) is 0. The fourth-order valence-corrected chi connectivity index (χ4v) is 2.13. The van der Waals surface area contributed by atoms with E-state index in [-0.39, 0.29) is 0 Å². The Hall–Kier alpha value is -0.960. The van der Waals surface area contributed by atoms with Crippen LogP contribution in [0.15, 0.2) is 0 Å². The highest BCUT2D eigenvalue weighted by molar-refractivity contribution is 5.24. The predicted molar refractivity (Wildman–Crippen MR) is 69.9 cm³/mol. The van der Waals surface area contributed by atoms with Gasteiger partial charge in [-0.25, -0.2) is 9.97 Å². The summed E-state index contributed by atoms with van der Waals surface area (Å²) >= 11 is 0. The molecule has 0 unspecified atom stereocenters. The molecule has 94 valence electrons. The van der Waals surface area contributed by atoms with Crippen molar-refractivity contribution >= 4 is 0 Å². The van der Waals surface area contributed by atoms with E-state index in [0.717, 1.165) is 42.6 Å². The molecule has 2 rings (SSSR count). The normalized spacial score (nSPS) is 15.2. The molecule has 1 aromatic heterocycles. The molecule has 0 aliphatic heterocycles. The maximum absolute atomic E-state index is 4.64. The fraction of sp³-hybridized carbons (Fsp3) is 0.714. The smallest absolute Gasteiger partial charge is 0.129 e. The fourth-order valence-electron chi connectivity index (χ4n) is 2.13. The zero-order valence-corrected chi connectivity index (χ0v) is 11.2. The topological polar surface area (TPSA) is 37.8 Å². The molecule has 0 bridgehead atoms. The van der Waals surface area contributed by atoms with Crippen LogP contribution >= 0.6 is 0 Å². The second-order valence-electron chi connectivity index (χ2n) is 5.11. The van der Waals surface area contributed by atoms with E-state index in [2.05, 4.69) is 36.1 Å². The maximum Gasteiger partial charge on any atom is 0.129 e. The number of aromatic nitrogens is 2. The number of hydrogen-bond donors (Lipinski definition) is 1. The molecule has 1 aliphatic rings. The van der Waals surface area contributed by atoms with Gasteiger partial charge in [0.05, 0.1) is 0 Å². The first kappa shape index (κ1) is 12.5. The summed E-state index contributed by atoms with van der Waals surface area (Å²) in [4.78, 5) is 9.28. The molecular weight excluding hydrogens is 210 g/mol. The molecule has 3 nitrogen and oxygen atoms in total. The molecule has 3 heteroatoms. The Morgan fingerprint density at radius 2 is 1.82 bits per heavy atom. The van der Waals surface area contributed by atoms with Crippen molar-refractivity contribution in [2.24, 2.45) is 5.92 Å². The summed E-state index contributed by atoms with van der Waals surface area (Å²) < 4.78 is 0. The summed E-state index contributed by atoms with van der Waals surface area (Å²) in [5.41, 5.74) is 3.58. The van der Waals surface area contributed by atoms with Crippen LogP contribution in [-0.2, 0) is 13.0 Å². The SMILES string of the molecule is CCCNCc1c(C)nc(CC2CC2)nc1C. The quantitative estimate of drug-likeness (QED) is 0.767. The van der Waals surface area contributed by atoms with Gasteiger partial charge in [0.15, 0.2) is 0 Å². The Labute approximate surface area is 104 Å². The Bertz CT molecular complexity index is 360. The molecule has 0 aromatic carbocycles. The van der Waals surface area contributed by atoms with Crippen molar-refractivity contribution in [2.75, 3.05) is 6.54 Å². The van der Waals surface area contributed by atoms with E-state index in [1.54, 1.807) is 0 Å². The summed E-state index contributed by atoms with van der Waals surface area (Å²) in [6.45, 7) is 8.35. The Morgan fingerprint density at radius 3 is 2.35 bits per heavy atom. The first-order chi connectivity index (χ1) is 8.20. The van der Waals surface area contributed by atoms with E-state index in [4.69, 9.17) is 0 Å². The van der Waals surface area contributed by atoms with Crippen LogP contribution in [0.3, 0.4) is 0 Å². The van der Waals surface area contributed by atoms with E-state index in [1.807, 2.05) is 0 Å². The van der Waals surface area contributed by atoms with Crippen molar-refractivity contribution < 1.29 is 0 Å². The lowest BCUT2D eigenvalue weighted by atomic mass is 10.1. The molecule has 0 radical (unpaired) electrons. The molecule has 1 heterocycles. The van der Waals surface area contributed by atoms with Crippen LogP contribution < -0.4 is 5.32 Å². The van der Waals surface area contributed by atoms with Crippen molar-refractivity contribution in [1.29, 1.82) is 0 Å². The monoisotopic (exact) mass is 233 g/mol. The van der Waals surface area contributed by atoms with Crippen LogP contribution in [0.1, 0.15) is 49.0 Å². The largest absolute Gasteiger partial charge is 0.313 e. The molecular formula is C14H23N3. The summed E-state index contributed by atoms with van der Waals surface area (Å²) in [6.07, 6.45) is 4.96. The standard InChI is InChI=1S/C14H23N3/c1-4-7-15-9-13-10(2)16-14(17-11(13)3)8-12-5-6-12/h12,15H,4-9H2,1-3H3. The van der Waals surface area contributed by atoms with E-state index in [1.165, 1.54) is 24.8 Å². The molecule has 0 spiro atoms. The minimum atomic E-state index is 0.859. The van der Waals surface area contributed by atoms with E-state index < -0.39 is 0 Å². The van der Waals surface area contributed by atoms with Crippen molar-refractivity contribution in [2.45, 2.75) is 53.0 Å². The van der Waals surface area contributed by atoms with Crippen molar-refractivity contribution in [3.63, 3.8) is 0 Å². The average Bonchev–Trinajstić information content (AvgIpc) is 3.06. The Balaban J connectivity index is 2.04.